The van der Waals surface area contributed by atoms with E-state index in [4.69, 9.17) is 0 Å². The van der Waals surface area contributed by atoms with Crippen molar-refractivity contribution in [2.75, 3.05) is 35.2 Å². The van der Waals surface area contributed by atoms with Crippen LogP contribution >= 0.6 is 0 Å². The average Bonchev–Trinajstić information content (AvgIpc) is 2.57. The van der Waals surface area contributed by atoms with Crippen LogP contribution in [0.4, 0.5) is 25.8 Å². The molecule has 0 bridgehead atoms. The highest BCUT2D eigenvalue weighted by atomic mass is 19.1. The van der Waals surface area contributed by atoms with Crippen LogP contribution < -0.4 is 15.5 Å². The first-order valence-electron chi connectivity index (χ1n) is 8.29. The molecule has 0 aliphatic rings. The molecular formula is C19H23F2N3O. The second-order valence-corrected chi connectivity index (χ2v) is 5.70. The molecule has 0 aliphatic carbocycles. The number of amides is 1. The molecule has 0 unspecified atom stereocenters. The van der Waals surface area contributed by atoms with Gasteiger partial charge in [0.2, 0.25) is 5.91 Å². The van der Waals surface area contributed by atoms with Gasteiger partial charge in [-0.25, -0.2) is 8.78 Å². The summed E-state index contributed by atoms with van der Waals surface area (Å²) in [5, 5.41) is 5.46. The Morgan fingerprint density at radius 3 is 2.32 bits per heavy atom. The summed E-state index contributed by atoms with van der Waals surface area (Å²) in [7, 11) is 0. The van der Waals surface area contributed by atoms with Gasteiger partial charge < -0.3 is 15.5 Å². The molecule has 0 aromatic heterocycles. The van der Waals surface area contributed by atoms with Crippen LogP contribution in [0.1, 0.15) is 19.4 Å². The van der Waals surface area contributed by atoms with E-state index in [0.29, 0.717) is 5.69 Å². The molecule has 25 heavy (non-hydrogen) atoms. The number of anilines is 3. The number of nitrogens with one attached hydrogen (secondary N) is 2. The molecule has 0 heterocycles. The summed E-state index contributed by atoms with van der Waals surface area (Å²) in [6.45, 7) is 7.82. The van der Waals surface area contributed by atoms with Crippen molar-refractivity contribution < 1.29 is 13.6 Å². The first-order valence-corrected chi connectivity index (χ1v) is 8.29. The minimum Gasteiger partial charge on any atom is -0.374 e. The number of carbonyl (C=O) groups is 1. The first-order chi connectivity index (χ1) is 11.9. The number of carbonyl (C=O) groups excluding carboxylic acids is 1. The Labute approximate surface area is 146 Å². The molecule has 6 heteroatoms. The maximum absolute atomic E-state index is 13.5. The van der Waals surface area contributed by atoms with Crippen molar-refractivity contribution in [3.05, 3.63) is 53.6 Å². The van der Waals surface area contributed by atoms with Crippen molar-refractivity contribution in [2.45, 2.75) is 20.8 Å². The molecule has 2 rings (SSSR count). The zero-order chi connectivity index (χ0) is 18.4. The molecule has 2 aromatic rings. The molecule has 4 nitrogen and oxygen atoms in total. The van der Waals surface area contributed by atoms with Gasteiger partial charge >= 0.3 is 0 Å². The van der Waals surface area contributed by atoms with Gasteiger partial charge in [0, 0.05) is 30.5 Å². The van der Waals surface area contributed by atoms with Crippen LogP contribution in [0.2, 0.25) is 0 Å². The van der Waals surface area contributed by atoms with Crippen molar-refractivity contribution in [1.82, 2.24) is 0 Å². The average molecular weight is 347 g/mol. The quantitative estimate of drug-likeness (QED) is 0.790. The van der Waals surface area contributed by atoms with E-state index in [1.165, 1.54) is 6.07 Å². The fraction of sp³-hybridized carbons (Fsp3) is 0.316. The van der Waals surface area contributed by atoms with E-state index in [0.717, 1.165) is 36.5 Å². The molecule has 134 valence electrons. The van der Waals surface area contributed by atoms with Crippen LogP contribution in [-0.2, 0) is 4.79 Å². The van der Waals surface area contributed by atoms with Crippen molar-refractivity contribution >= 4 is 23.0 Å². The lowest BCUT2D eigenvalue weighted by molar-refractivity contribution is -0.114. The highest BCUT2D eigenvalue weighted by Gasteiger charge is 2.09. The zero-order valence-electron chi connectivity index (χ0n) is 14.7. The number of benzene rings is 2. The monoisotopic (exact) mass is 347 g/mol. The van der Waals surface area contributed by atoms with Crippen molar-refractivity contribution in [2.24, 2.45) is 0 Å². The maximum Gasteiger partial charge on any atom is 0.243 e. The van der Waals surface area contributed by atoms with E-state index in [2.05, 4.69) is 29.4 Å². The predicted molar refractivity (Wildman–Crippen MR) is 98.2 cm³/mol. The normalized spacial score (nSPS) is 10.4. The molecule has 2 aromatic carbocycles. The summed E-state index contributed by atoms with van der Waals surface area (Å²) in [6, 6.07) is 9.02. The van der Waals surface area contributed by atoms with Gasteiger partial charge in [-0.05, 0) is 56.7 Å². The third kappa shape index (κ3) is 4.92. The van der Waals surface area contributed by atoms with Crippen molar-refractivity contribution in [3.63, 3.8) is 0 Å². The van der Waals surface area contributed by atoms with Gasteiger partial charge in [0.15, 0.2) is 0 Å². The van der Waals surface area contributed by atoms with Gasteiger partial charge in [0.05, 0.1) is 12.2 Å². The number of hydrogen-bond donors (Lipinski definition) is 2. The van der Waals surface area contributed by atoms with Crippen LogP contribution in [0, 0.1) is 18.6 Å². The minimum absolute atomic E-state index is 0.0881. The van der Waals surface area contributed by atoms with Gasteiger partial charge in [-0.15, -0.1) is 0 Å². The Morgan fingerprint density at radius 1 is 1.04 bits per heavy atom. The minimum atomic E-state index is -0.729. The zero-order valence-corrected chi connectivity index (χ0v) is 14.7. The Hall–Kier alpha value is -2.63. The third-order valence-corrected chi connectivity index (χ3v) is 3.98. The third-order valence-electron chi connectivity index (χ3n) is 3.98. The van der Waals surface area contributed by atoms with E-state index < -0.39 is 11.6 Å². The van der Waals surface area contributed by atoms with Gasteiger partial charge in [-0.3, -0.25) is 4.79 Å². The summed E-state index contributed by atoms with van der Waals surface area (Å²) < 4.78 is 26.4. The lowest BCUT2D eigenvalue weighted by Gasteiger charge is -2.22. The Balaban J connectivity index is 1.98. The second-order valence-electron chi connectivity index (χ2n) is 5.70. The van der Waals surface area contributed by atoms with Gasteiger partial charge in [0.1, 0.15) is 11.6 Å². The molecule has 0 fully saturated rings. The molecular weight excluding hydrogens is 324 g/mol. The number of hydrogen-bond acceptors (Lipinski definition) is 3. The van der Waals surface area contributed by atoms with E-state index in [1.54, 1.807) is 0 Å². The van der Waals surface area contributed by atoms with Crippen molar-refractivity contribution in [3.8, 4) is 0 Å². The number of nitrogens with zero attached hydrogens (tertiary/aromatic N) is 1. The summed E-state index contributed by atoms with van der Waals surface area (Å²) in [6.07, 6.45) is 0. The summed E-state index contributed by atoms with van der Waals surface area (Å²) in [4.78, 5) is 14.3. The maximum atomic E-state index is 13.5. The van der Waals surface area contributed by atoms with Crippen molar-refractivity contribution in [1.29, 1.82) is 0 Å². The second kappa shape index (κ2) is 8.46. The van der Waals surface area contributed by atoms with Crippen LogP contribution in [0.3, 0.4) is 0 Å². The molecule has 0 aliphatic heterocycles. The SMILES string of the molecule is CCN(CC)c1ccc(NC(=O)CNc2ccc(F)cc2F)c(C)c1. The van der Waals surface area contributed by atoms with E-state index in [1.807, 2.05) is 25.1 Å². The number of rotatable bonds is 7. The molecule has 0 radical (unpaired) electrons. The summed E-state index contributed by atoms with van der Waals surface area (Å²) in [5.74, 6) is -1.69. The molecule has 1 amide bonds. The van der Waals surface area contributed by atoms with Crippen LogP contribution in [0.15, 0.2) is 36.4 Å². The smallest absolute Gasteiger partial charge is 0.243 e. The highest BCUT2D eigenvalue weighted by molar-refractivity contribution is 5.94. The highest BCUT2D eigenvalue weighted by Crippen LogP contribution is 2.22. The molecule has 2 N–H and O–H groups in total. The Morgan fingerprint density at radius 2 is 1.72 bits per heavy atom. The largest absolute Gasteiger partial charge is 0.374 e. The fourth-order valence-electron chi connectivity index (χ4n) is 2.58. The standard InChI is InChI=1S/C19H23F2N3O/c1-4-24(5-2)15-7-9-17(13(3)10-15)23-19(25)12-22-18-8-6-14(20)11-16(18)21/h6-11,22H,4-5,12H2,1-3H3,(H,23,25). The van der Waals surface area contributed by atoms with E-state index in [9.17, 15) is 13.6 Å². The summed E-state index contributed by atoms with van der Waals surface area (Å²) in [5.41, 5.74) is 2.85. The molecule has 0 atom stereocenters. The van der Waals surface area contributed by atoms with Gasteiger partial charge in [-0.1, -0.05) is 0 Å². The van der Waals surface area contributed by atoms with Crippen LogP contribution in [-0.4, -0.2) is 25.5 Å². The molecule has 0 saturated heterocycles. The Kier molecular flexibility index (Phi) is 6.33. The predicted octanol–water partition coefficient (Wildman–Crippen LogP) is 4.17. The fourth-order valence-corrected chi connectivity index (χ4v) is 2.58. The number of halogens is 2. The van der Waals surface area contributed by atoms with Crippen LogP contribution in [0.25, 0.3) is 0 Å². The number of aryl methyl sites for hydroxylation is 1. The molecule has 0 spiro atoms. The first kappa shape index (κ1) is 18.7. The van der Waals surface area contributed by atoms with Crippen LogP contribution in [0.5, 0.6) is 0 Å². The van der Waals surface area contributed by atoms with E-state index in [-0.39, 0.29) is 18.1 Å². The topological polar surface area (TPSA) is 44.4 Å². The summed E-state index contributed by atoms with van der Waals surface area (Å²) >= 11 is 0. The lowest BCUT2D eigenvalue weighted by Crippen LogP contribution is -2.23. The lowest BCUT2D eigenvalue weighted by atomic mass is 10.1. The molecule has 0 saturated carbocycles. The Bertz CT molecular complexity index is 745. The van der Waals surface area contributed by atoms with Gasteiger partial charge in [0.25, 0.3) is 0 Å². The van der Waals surface area contributed by atoms with Gasteiger partial charge in [-0.2, -0.15) is 0 Å². The van der Waals surface area contributed by atoms with E-state index >= 15 is 0 Å².